The molecule has 0 saturated heterocycles. The number of rotatable bonds is 9. The minimum Gasteiger partial charge on any atom is -0.493 e. The topological polar surface area (TPSA) is 39.7 Å². The van der Waals surface area contributed by atoms with E-state index in [4.69, 9.17) is 14.2 Å². The first-order valence-corrected chi connectivity index (χ1v) is 7.93. The van der Waals surface area contributed by atoms with Gasteiger partial charge in [-0.2, -0.15) is 0 Å². The fraction of sp³-hybridized carbons (Fsp3) is 0.368. The maximum atomic E-state index is 5.91. The van der Waals surface area contributed by atoms with Crippen LogP contribution in [-0.2, 0) is 6.54 Å². The van der Waals surface area contributed by atoms with Crippen molar-refractivity contribution < 1.29 is 14.2 Å². The van der Waals surface area contributed by atoms with Gasteiger partial charge in [-0.05, 0) is 31.7 Å². The van der Waals surface area contributed by atoms with Gasteiger partial charge in [0.25, 0.3) is 0 Å². The van der Waals surface area contributed by atoms with Gasteiger partial charge in [-0.1, -0.05) is 36.8 Å². The van der Waals surface area contributed by atoms with Crippen molar-refractivity contribution in [1.82, 2.24) is 5.32 Å². The molecule has 4 heteroatoms. The molecular weight excluding hydrogens is 290 g/mol. The molecule has 23 heavy (non-hydrogen) atoms. The molecule has 0 unspecified atom stereocenters. The van der Waals surface area contributed by atoms with Gasteiger partial charge in [0.15, 0.2) is 11.5 Å². The largest absolute Gasteiger partial charge is 0.493 e. The average Bonchev–Trinajstić information content (AvgIpc) is 2.58. The number of benzene rings is 2. The van der Waals surface area contributed by atoms with Crippen molar-refractivity contribution >= 4 is 0 Å². The summed E-state index contributed by atoms with van der Waals surface area (Å²) in [6.07, 6.45) is 0. The Morgan fingerprint density at radius 1 is 0.957 bits per heavy atom. The molecule has 4 nitrogen and oxygen atoms in total. The average molecular weight is 315 g/mol. The van der Waals surface area contributed by atoms with Gasteiger partial charge >= 0.3 is 0 Å². The molecule has 0 aliphatic heterocycles. The van der Waals surface area contributed by atoms with Gasteiger partial charge < -0.3 is 19.5 Å². The zero-order chi connectivity index (χ0) is 16.5. The monoisotopic (exact) mass is 315 g/mol. The first-order chi connectivity index (χ1) is 11.2. The Morgan fingerprint density at radius 3 is 2.39 bits per heavy atom. The fourth-order valence-electron chi connectivity index (χ4n) is 2.22. The summed E-state index contributed by atoms with van der Waals surface area (Å²) in [5.74, 6) is 2.38. The molecule has 0 fully saturated rings. The molecule has 0 atom stereocenters. The molecule has 1 N–H and O–H groups in total. The molecule has 2 aromatic carbocycles. The molecule has 0 amide bonds. The summed E-state index contributed by atoms with van der Waals surface area (Å²) in [5, 5.41) is 3.31. The van der Waals surface area contributed by atoms with E-state index in [1.807, 2.05) is 42.5 Å². The highest BCUT2D eigenvalue weighted by molar-refractivity contribution is 5.46. The maximum Gasteiger partial charge on any atom is 0.165 e. The molecule has 0 heterocycles. The highest BCUT2D eigenvalue weighted by Crippen LogP contribution is 2.31. The predicted octanol–water partition coefficient (Wildman–Crippen LogP) is 3.57. The lowest BCUT2D eigenvalue weighted by Crippen LogP contribution is -2.15. The Kier molecular flexibility index (Phi) is 6.76. The first-order valence-electron chi connectivity index (χ1n) is 7.93. The van der Waals surface area contributed by atoms with Crippen LogP contribution in [0.4, 0.5) is 0 Å². The summed E-state index contributed by atoms with van der Waals surface area (Å²) in [7, 11) is 1.65. The number of ether oxygens (including phenoxy) is 3. The van der Waals surface area contributed by atoms with Crippen LogP contribution in [-0.4, -0.2) is 26.9 Å². The Hall–Kier alpha value is -2.20. The van der Waals surface area contributed by atoms with Crippen molar-refractivity contribution in [3.63, 3.8) is 0 Å². The van der Waals surface area contributed by atoms with Crippen LogP contribution < -0.4 is 19.5 Å². The molecule has 0 aromatic heterocycles. The molecule has 0 radical (unpaired) electrons. The SMILES string of the molecule is CCNCc1cccc(OC)c1OCCOc1ccc(C)cc1. The molecule has 2 aromatic rings. The maximum absolute atomic E-state index is 5.91. The second-order valence-electron chi connectivity index (χ2n) is 5.24. The Morgan fingerprint density at radius 2 is 1.70 bits per heavy atom. The molecule has 124 valence electrons. The second kappa shape index (κ2) is 9.06. The van der Waals surface area contributed by atoms with Crippen molar-refractivity contribution in [2.45, 2.75) is 20.4 Å². The molecule has 0 saturated carbocycles. The van der Waals surface area contributed by atoms with Crippen LogP contribution in [0.25, 0.3) is 0 Å². The molecule has 0 aliphatic carbocycles. The quantitative estimate of drug-likeness (QED) is 0.718. The van der Waals surface area contributed by atoms with Crippen molar-refractivity contribution in [2.75, 3.05) is 26.9 Å². The summed E-state index contributed by atoms with van der Waals surface area (Å²) in [5.41, 5.74) is 2.30. The third-order valence-corrected chi connectivity index (χ3v) is 3.47. The van der Waals surface area contributed by atoms with Crippen LogP contribution >= 0.6 is 0 Å². The Labute approximate surface area is 138 Å². The third-order valence-electron chi connectivity index (χ3n) is 3.47. The molecule has 0 spiro atoms. The van der Waals surface area contributed by atoms with Crippen LogP contribution in [0.1, 0.15) is 18.1 Å². The number of hydrogen-bond acceptors (Lipinski definition) is 4. The molecule has 0 aliphatic rings. The molecule has 0 bridgehead atoms. The number of aryl methyl sites for hydroxylation is 1. The lowest BCUT2D eigenvalue weighted by molar-refractivity contribution is 0.209. The smallest absolute Gasteiger partial charge is 0.165 e. The van der Waals surface area contributed by atoms with Gasteiger partial charge in [0.2, 0.25) is 0 Å². The van der Waals surface area contributed by atoms with Gasteiger partial charge in [-0.15, -0.1) is 0 Å². The van der Waals surface area contributed by atoms with Crippen molar-refractivity contribution in [2.24, 2.45) is 0 Å². The number of hydrogen-bond donors (Lipinski definition) is 1. The first kappa shape index (κ1) is 17.2. The summed E-state index contributed by atoms with van der Waals surface area (Å²) in [6, 6.07) is 13.9. The third kappa shape index (κ3) is 5.18. The van der Waals surface area contributed by atoms with E-state index in [1.165, 1.54) is 5.56 Å². The standard InChI is InChI=1S/C19H25NO3/c1-4-20-14-16-6-5-7-18(21-3)19(16)23-13-12-22-17-10-8-15(2)9-11-17/h5-11,20H,4,12-14H2,1-3H3. The van der Waals surface area contributed by atoms with Gasteiger partial charge in [0, 0.05) is 12.1 Å². The molecule has 2 rings (SSSR count). The van der Waals surface area contributed by atoms with Crippen molar-refractivity contribution in [1.29, 1.82) is 0 Å². The zero-order valence-corrected chi connectivity index (χ0v) is 14.1. The minimum absolute atomic E-state index is 0.466. The van der Waals surface area contributed by atoms with E-state index in [0.29, 0.717) is 13.2 Å². The summed E-state index contributed by atoms with van der Waals surface area (Å²) in [6.45, 7) is 6.75. The van der Waals surface area contributed by atoms with E-state index < -0.39 is 0 Å². The highest BCUT2D eigenvalue weighted by atomic mass is 16.5. The van der Waals surface area contributed by atoms with Crippen LogP contribution in [0.15, 0.2) is 42.5 Å². The highest BCUT2D eigenvalue weighted by Gasteiger charge is 2.10. The normalized spacial score (nSPS) is 10.4. The van der Waals surface area contributed by atoms with Crippen molar-refractivity contribution in [3.05, 3.63) is 53.6 Å². The lowest BCUT2D eigenvalue weighted by Gasteiger charge is -2.15. The van der Waals surface area contributed by atoms with Gasteiger partial charge in [-0.25, -0.2) is 0 Å². The summed E-state index contributed by atoms with van der Waals surface area (Å²) in [4.78, 5) is 0. The van der Waals surface area contributed by atoms with Crippen LogP contribution in [0.5, 0.6) is 17.2 Å². The van der Waals surface area contributed by atoms with Crippen molar-refractivity contribution in [3.8, 4) is 17.2 Å². The number of para-hydroxylation sites is 1. The minimum atomic E-state index is 0.466. The lowest BCUT2D eigenvalue weighted by atomic mass is 10.2. The predicted molar refractivity (Wildman–Crippen MR) is 92.5 cm³/mol. The zero-order valence-electron chi connectivity index (χ0n) is 14.1. The van der Waals surface area contributed by atoms with E-state index in [0.717, 1.165) is 35.9 Å². The van der Waals surface area contributed by atoms with E-state index in [1.54, 1.807) is 7.11 Å². The second-order valence-corrected chi connectivity index (χ2v) is 5.24. The summed E-state index contributed by atoms with van der Waals surface area (Å²) < 4.78 is 17.0. The van der Waals surface area contributed by atoms with Gasteiger partial charge in [-0.3, -0.25) is 0 Å². The van der Waals surface area contributed by atoms with Gasteiger partial charge in [0.1, 0.15) is 19.0 Å². The number of nitrogens with one attached hydrogen (secondary N) is 1. The Balaban J connectivity index is 1.92. The fourth-order valence-corrected chi connectivity index (χ4v) is 2.22. The van der Waals surface area contributed by atoms with Crippen LogP contribution in [0, 0.1) is 6.92 Å². The summed E-state index contributed by atoms with van der Waals surface area (Å²) >= 11 is 0. The Bertz CT molecular complexity index is 596. The van der Waals surface area contributed by atoms with Crippen LogP contribution in [0.3, 0.4) is 0 Å². The van der Waals surface area contributed by atoms with Crippen LogP contribution in [0.2, 0.25) is 0 Å². The molecular formula is C19H25NO3. The number of methoxy groups -OCH3 is 1. The van der Waals surface area contributed by atoms with Gasteiger partial charge in [0.05, 0.1) is 7.11 Å². The van der Waals surface area contributed by atoms with E-state index >= 15 is 0 Å². The van der Waals surface area contributed by atoms with E-state index in [-0.39, 0.29) is 0 Å². The van der Waals surface area contributed by atoms with E-state index in [9.17, 15) is 0 Å². The van der Waals surface area contributed by atoms with E-state index in [2.05, 4.69) is 19.2 Å².